The molecule has 27 heavy (non-hydrogen) atoms. The molecule has 0 saturated carbocycles. The van der Waals surface area contributed by atoms with Crippen LogP contribution in [-0.4, -0.2) is 24.3 Å². The Morgan fingerprint density at radius 3 is 2.63 bits per heavy atom. The van der Waals surface area contributed by atoms with E-state index in [0.29, 0.717) is 22.3 Å². The summed E-state index contributed by atoms with van der Waals surface area (Å²) in [6.45, 7) is 1.31. The maximum atomic E-state index is 12.6. The van der Waals surface area contributed by atoms with Crippen molar-refractivity contribution in [3.63, 3.8) is 0 Å². The minimum Gasteiger partial charge on any atom is -0.482 e. The maximum Gasteiger partial charge on any atom is 0.369 e. The van der Waals surface area contributed by atoms with Gasteiger partial charge in [0.1, 0.15) is 17.3 Å². The molecular formula is C19H17N3O5. The number of fused-ring (bicyclic) bond motifs is 1. The van der Waals surface area contributed by atoms with E-state index in [9.17, 15) is 9.59 Å². The van der Waals surface area contributed by atoms with Crippen molar-refractivity contribution in [1.82, 2.24) is 5.48 Å². The molecule has 1 amide bonds. The number of benzene rings is 2. The summed E-state index contributed by atoms with van der Waals surface area (Å²) < 4.78 is 10.6. The molecule has 0 saturated heterocycles. The lowest BCUT2D eigenvalue weighted by Crippen LogP contribution is -2.31. The Kier molecular flexibility index (Phi) is 5.07. The first-order valence-electron chi connectivity index (χ1n) is 8.00. The topological polar surface area (TPSA) is 128 Å². The van der Waals surface area contributed by atoms with Crippen LogP contribution in [0.25, 0.3) is 10.8 Å². The number of carbonyl (C=O) groups excluding carboxylic acids is 2. The van der Waals surface area contributed by atoms with Gasteiger partial charge < -0.3 is 19.7 Å². The number of nitrogens with two attached hydrogens (primary N) is 1. The molecule has 2 aromatic carbocycles. The van der Waals surface area contributed by atoms with E-state index in [4.69, 9.17) is 25.1 Å². The highest BCUT2D eigenvalue weighted by Gasteiger charge is 2.21. The van der Waals surface area contributed by atoms with Crippen molar-refractivity contribution in [3.05, 3.63) is 65.6 Å². The second kappa shape index (κ2) is 7.61. The van der Waals surface area contributed by atoms with E-state index >= 15 is 0 Å². The molecule has 0 radical (unpaired) electrons. The molecule has 0 unspecified atom stereocenters. The fourth-order valence-electron chi connectivity index (χ4n) is 2.61. The fourth-order valence-corrected chi connectivity index (χ4v) is 2.61. The summed E-state index contributed by atoms with van der Waals surface area (Å²) >= 11 is 0. The Hall–Kier alpha value is -3.81. The van der Waals surface area contributed by atoms with Crippen LogP contribution in [0, 0.1) is 12.3 Å². The van der Waals surface area contributed by atoms with Gasteiger partial charge in [0.15, 0.2) is 6.61 Å². The molecule has 0 aliphatic rings. The molecule has 0 bridgehead atoms. The SMILES string of the molecule is Cc1occ2ccc(C(=N)N)c(C(=O)NOC(=O)COc3ccccc3)c12. The number of rotatable bonds is 5. The Morgan fingerprint density at radius 1 is 1.19 bits per heavy atom. The van der Waals surface area contributed by atoms with E-state index in [2.05, 4.69) is 5.48 Å². The van der Waals surface area contributed by atoms with Crippen LogP contribution in [-0.2, 0) is 9.63 Å². The first-order chi connectivity index (χ1) is 13.0. The molecule has 1 aromatic heterocycles. The summed E-state index contributed by atoms with van der Waals surface area (Å²) in [5, 5.41) is 8.85. The summed E-state index contributed by atoms with van der Waals surface area (Å²) in [4.78, 5) is 29.2. The number of hydrogen-bond acceptors (Lipinski definition) is 6. The zero-order chi connectivity index (χ0) is 19.4. The highest BCUT2D eigenvalue weighted by Crippen LogP contribution is 2.27. The third-order valence-electron chi connectivity index (χ3n) is 3.83. The molecule has 3 rings (SSSR count). The van der Waals surface area contributed by atoms with Gasteiger partial charge in [-0.1, -0.05) is 24.3 Å². The third-order valence-corrected chi connectivity index (χ3v) is 3.83. The van der Waals surface area contributed by atoms with Gasteiger partial charge in [-0.15, -0.1) is 0 Å². The third kappa shape index (κ3) is 3.90. The summed E-state index contributed by atoms with van der Waals surface area (Å²) in [5.41, 5.74) is 7.96. The molecule has 3 aromatic rings. The molecule has 138 valence electrons. The fraction of sp³-hybridized carbons (Fsp3) is 0.105. The first-order valence-corrected chi connectivity index (χ1v) is 8.00. The van der Waals surface area contributed by atoms with E-state index in [1.165, 1.54) is 12.3 Å². The molecule has 0 spiro atoms. The van der Waals surface area contributed by atoms with Crippen LogP contribution < -0.4 is 16.0 Å². The first kappa shape index (κ1) is 18.0. The van der Waals surface area contributed by atoms with Crippen LogP contribution in [0.15, 0.2) is 53.1 Å². The molecule has 0 atom stereocenters. The van der Waals surface area contributed by atoms with Crippen LogP contribution in [0.5, 0.6) is 5.75 Å². The van der Waals surface area contributed by atoms with Crippen LogP contribution in [0.2, 0.25) is 0 Å². The highest BCUT2D eigenvalue weighted by atomic mass is 16.7. The Labute approximate surface area is 154 Å². The standard InChI is InChI=1S/C19H17N3O5/c1-11-16-12(9-25-11)7-8-14(18(20)21)17(16)19(24)22-27-15(23)10-26-13-5-3-2-4-6-13/h2-9H,10H2,1H3,(H3,20,21)(H,22,24). The van der Waals surface area contributed by atoms with E-state index in [-0.39, 0.29) is 23.6 Å². The van der Waals surface area contributed by atoms with Crippen molar-refractivity contribution in [2.75, 3.05) is 6.61 Å². The Morgan fingerprint density at radius 2 is 1.93 bits per heavy atom. The Balaban J connectivity index is 1.72. The van der Waals surface area contributed by atoms with Crippen molar-refractivity contribution < 1.29 is 23.6 Å². The van der Waals surface area contributed by atoms with Gasteiger partial charge in [0.05, 0.1) is 11.8 Å². The van der Waals surface area contributed by atoms with Gasteiger partial charge >= 0.3 is 5.97 Å². The molecule has 0 fully saturated rings. The molecule has 0 aliphatic carbocycles. The van der Waals surface area contributed by atoms with E-state index in [1.54, 1.807) is 37.3 Å². The van der Waals surface area contributed by atoms with Gasteiger partial charge in [0.2, 0.25) is 0 Å². The number of hydroxylamine groups is 1. The van der Waals surface area contributed by atoms with Crippen LogP contribution in [0.1, 0.15) is 21.7 Å². The van der Waals surface area contributed by atoms with E-state index in [0.717, 1.165) is 0 Å². The number of amides is 1. The van der Waals surface area contributed by atoms with Crippen molar-refractivity contribution in [2.45, 2.75) is 6.92 Å². The lowest BCUT2D eigenvalue weighted by atomic mass is 9.99. The predicted molar refractivity (Wildman–Crippen MR) is 97.5 cm³/mol. The number of para-hydroxylation sites is 1. The van der Waals surface area contributed by atoms with Gasteiger partial charge in [0, 0.05) is 16.3 Å². The van der Waals surface area contributed by atoms with Gasteiger partial charge in [-0.2, -0.15) is 5.48 Å². The average molecular weight is 367 g/mol. The minimum absolute atomic E-state index is 0.100. The zero-order valence-electron chi connectivity index (χ0n) is 14.4. The number of amidine groups is 1. The molecule has 8 heteroatoms. The number of nitrogen functional groups attached to an aromatic ring is 1. The monoisotopic (exact) mass is 367 g/mol. The van der Waals surface area contributed by atoms with Crippen LogP contribution in [0.4, 0.5) is 0 Å². The summed E-state index contributed by atoms with van der Waals surface area (Å²) in [6.07, 6.45) is 1.49. The Bertz CT molecular complexity index is 1010. The zero-order valence-corrected chi connectivity index (χ0v) is 14.4. The maximum absolute atomic E-state index is 12.6. The van der Waals surface area contributed by atoms with Crippen molar-refractivity contribution in [2.24, 2.45) is 5.73 Å². The smallest absolute Gasteiger partial charge is 0.369 e. The van der Waals surface area contributed by atoms with Crippen LogP contribution in [0.3, 0.4) is 0 Å². The second-order valence-electron chi connectivity index (χ2n) is 5.66. The van der Waals surface area contributed by atoms with Gasteiger partial charge in [-0.3, -0.25) is 10.2 Å². The number of aryl methyl sites for hydroxylation is 1. The summed E-state index contributed by atoms with van der Waals surface area (Å²) in [6, 6.07) is 11.9. The number of ether oxygens (including phenoxy) is 1. The quantitative estimate of drug-likeness (QED) is 0.361. The predicted octanol–water partition coefficient (Wildman–Crippen LogP) is 2.29. The largest absolute Gasteiger partial charge is 0.482 e. The molecule has 1 heterocycles. The minimum atomic E-state index is -0.785. The molecule has 0 aliphatic heterocycles. The number of hydrogen-bond donors (Lipinski definition) is 3. The van der Waals surface area contributed by atoms with Crippen LogP contribution >= 0.6 is 0 Å². The number of nitrogens with one attached hydrogen (secondary N) is 2. The number of furan rings is 1. The van der Waals surface area contributed by atoms with E-state index < -0.39 is 11.9 Å². The molecule has 8 nitrogen and oxygen atoms in total. The lowest BCUT2D eigenvalue weighted by molar-refractivity contribution is -0.151. The van der Waals surface area contributed by atoms with Crippen molar-refractivity contribution in [1.29, 1.82) is 5.41 Å². The van der Waals surface area contributed by atoms with Gasteiger partial charge in [-0.25, -0.2) is 4.79 Å². The second-order valence-corrected chi connectivity index (χ2v) is 5.66. The molecule has 4 N–H and O–H groups in total. The van der Waals surface area contributed by atoms with Crippen molar-refractivity contribution >= 4 is 28.5 Å². The van der Waals surface area contributed by atoms with Crippen molar-refractivity contribution in [3.8, 4) is 5.75 Å². The summed E-state index contributed by atoms with van der Waals surface area (Å²) in [5.74, 6) is -0.812. The average Bonchev–Trinajstić information content (AvgIpc) is 3.05. The lowest BCUT2D eigenvalue weighted by Gasteiger charge is -2.11. The molecular weight excluding hydrogens is 350 g/mol. The van der Waals surface area contributed by atoms with Gasteiger partial charge in [0.25, 0.3) is 5.91 Å². The highest BCUT2D eigenvalue weighted by molar-refractivity contribution is 6.16. The number of carbonyl (C=O) groups is 2. The van der Waals surface area contributed by atoms with Gasteiger partial charge in [-0.05, 0) is 25.1 Å². The van der Waals surface area contributed by atoms with E-state index in [1.807, 2.05) is 6.07 Å². The normalized spacial score (nSPS) is 10.4. The summed E-state index contributed by atoms with van der Waals surface area (Å²) in [7, 11) is 0.